The predicted molar refractivity (Wildman–Crippen MR) is 85.0 cm³/mol. The smallest absolute Gasteiger partial charge is 0.335 e. The van der Waals surface area contributed by atoms with Crippen LogP contribution in [0.4, 0.5) is 0 Å². The molecule has 26 heavy (non-hydrogen) atoms. The van der Waals surface area contributed by atoms with Gasteiger partial charge < -0.3 is 19.0 Å². The highest BCUT2D eigenvalue weighted by Gasteiger charge is 2.32. The lowest BCUT2D eigenvalue weighted by atomic mass is 10.4. The Bertz CT molecular complexity index is 560. The van der Waals surface area contributed by atoms with Crippen LogP contribution in [0.5, 0.6) is 0 Å². The van der Waals surface area contributed by atoms with Gasteiger partial charge in [0.1, 0.15) is 0 Å². The van der Waals surface area contributed by atoms with E-state index in [0.29, 0.717) is 11.7 Å². The van der Waals surface area contributed by atoms with Gasteiger partial charge in [0, 0.05) is 12.8 Å². The Morgan fingerprint density at radius 1 is 0.885 bits per heavy atom. The number of amides is 2. The zero-order chi connectivity index (χ0) is 19.4. The number of ether oxygens (including phenoxy) is 3. The number of imide groups is 1. The van der Waals surface area contributed by atoms with E-state index >= 15 is 0 Å². The van der Waals surface area contributed by atoms with Gasteiger partial charge in [-0.25, -0.2) is 4.79 Å². The van der Waals surface area contributed by atoms with Crippen LogP contribution in [-0.4, -0.2) is 83.8 Å². The van der Waals surface area contributed by atoms with Crippen molar-refractivity contribution >= 4 is 27.9 Å². The fourth-order valence-corrected chi connectivity index (χ4v) is 2.12. The molecule has 0 N–H and O–H groups in total. The lowest BCUT2D eigenvalue weighted by molar-refractivity contribution is -0.198. The molecule has 0 radical (unpaired) electrons. The molecule has 0 bridgehead atoms. The van der Waals surface area contributed by atoms with Crippen molar-refractivity contribution in [3.8, 4) is 0 Å². The Kier molecular flexibility index (Phi) is 10.3. The van der Waals surface area contributed by atoms with Crippen molar-refractivity contribution in [2.45, 2.75) is 19.3 Å². The minimum absolute atomic E-state index is 0.0489. The largest absolute Gasteiger partial charge is 0.378 e. The second-order valence-corrected chi connectivity index (χ2v) is 6.80. The first-order chi connectivity index (χ1) is 12.3. The Labute approximate surface area is 151 Å². The number of rotatable bonds is 14. The Hall–Kier alpha value is -1.60. The molecule has 0 aromatic heterocycles. The van der Waals surface area contributed by atoms with E-state index in [9.17, 15) is 22.8 Å². The maximum Gasteiger partial charge on any atom is 0.335 e. The summed E-state index contributed by atoms with van der Waals surface area (Å²) >= 11 is 0. The molecule has 0 atom stereocenters. The Balaban J connectivity index is 1.88. The van der Waals surface area contributed by atoms with E-state index in [1.54, 1.807) is 0 Å². The van der Waals surface area contributed by atoms with Crippen molar-refractivity contribution < 1.29 is 46.0 Å². The van der Waals surface area contributed by atoms with E-state index < -0.39 is 27.9 Å². The van der Waals surface area contributed by atoms with E-state index in [4.69, 9.17) is 14.2 Å². The summed E-state index contributed by atoms with van der Waals surface area (Å²) in [5.74, 6) is -1.77. The van der Waals surface area contributed by atoms with Gasteiger partial charge >= 0.3 is 5.97 Å². The first-order valence-corrected chi connectivity index (χ1v) is 9.75. The van der Waals surface area contributed by atoms with Gasteiger partial charge in [-0.1, -0.05) is 0 Å². The number of carbonyl (C=O) groups excluding carboxylic acids is 3. The van der Waals surface area contributed by atoms with E-state index in [0.717, 1.165) is 6.26 Å². The minimum atomic E-state index is -3.45. The Morgan fingerprint density at radius 3 is 1.85 bits per heavy atom. The molecule has 11 nitrogen and oxygen atoms in total. The highest BCUT2D eigenvalue weighted by Crippen LogP contribution is 2.12. The van der Waals surface area contributed by atoms with Gasteiger partial charge in [0.25, 0.3) is 21.9 Å². The molecule has 12 heteroatoms. The quantitative estimate of drug-likeness (QED) is 0.204. The lowest BCUT2D eigenvalue weighted by Crippen LogP contribution is -2.32. The molecule has 1 fully saturated rings. The first-order valence-electron chi connectivity index (χ1n) is 7.94. The van der Waals surface area contributed by atoms with Gasteiger partial charge in [0.05, 0.1) is 58.9 Å². The van der Waals surface area contributed by atoms with Gasteiger partial charge in [-0.05, 0) is 0 Å². The monoisotopic (exact) mass is 397 g/mol. The molecule has 1 saturated heterocycles. The normalized spacial score (nSPS) is 14.9. The van der Waals surface area contributed by atoms with Crippen molar-refractivity contribution in [3.05, 3.63) is 0 Å². The number of hydrogen-bond donors (Lipinski definition) is 0. The fourth-order valence-electron chi connectivity index (χ4n) is 1.75. The van der Waals surface area contributed by atoms with Crippen LogP contribution >= 0.6 is 0 Å². The second kappa shape index (κ2) is 11.9. The lowest BCUT2D eigenvalue weighted by Gasteiger charge is -2.12. The Morgan fingerprint density at radius 2 is 1.35 bits per heavy atom. The highest BCUT2D eigenvalue weighted by molar-refractivity contribution is 7.85. The topological polar surface area (TPSA) is 135 Å². The van der Waals surface area contributed by atoms with Crippen LogP contribution in [0, 0.1) is 0 Å². The maximum atomic E-state index is 11.5. The summed E-state index contributed by atoms with van der Waals surface area (Å²) < 4.78 is 41.3. The van der Waals surface area contributed by atoms with Crippen LogP contribution in [0.25, 0.3) is 0 Å². The number of hydroxylamine groups is 2. The number of carbonyl (C=O) groups is 3. The van der Waals surface area contributed by atoms with Gasteiger partial charge in [0.15, 0.2) is 0 Å². The van der Waals surface area contributed by atoms with Crippen LogP contribution < -0.4 is 0 Å². The summed E-state index contributed by atoms with van der Waals surface area (Å²) in [7, 11) is -3.45. The van der Waals surface area contributed by atoms with Crippen molar-refractivity contribution in [2.75, 3.05) is 52.5 Å². The van der Waals surface area contributed by atoms with Gasteiger partial charge in [0.2, 0.25) is 0 Å². The zero-order valence-corrected chi connectivity index (χ0v) is 15.3. The third kappa shape index (κ3) is 10.4. The molecule has 0 aromatic rings. The molecule has 150 valence electrons. The third-order valence-corrected chi connectivity index (χ3v) is 3.51. The molecule has 0 spiro atoms. The zero-order valence-electron chi connectivity index (χ0n) is 14.5. The van der Waals surface area contributed by atoms with Crippen LogP contribution in [0.2, 0.25) is 0 Å². The summed E-state index contributed by atoms with van der Waals surface area (Å²) in [6, 6.07) is 0. The molecule has 0 unspecified atom stereocenters. The van der Waals surface area contributed by atoms with E-state index in [2.05, 4.69) is 9.02 Å². The van der Waals surface area contributed by atoms with Crippen molar-refractivity contribution in [3.63, 3.8) is 0 Å². The minimum Gasteiger partial charge on any atom is -0.378 e. The molecule has 0 saturated carbocycles. The van der Waals surface area contributed by atoms with Crippen LogP contribution in [0.1, 0.15) is 19.3 Å². The molecule has 1 aliphatic rings. The van der Waals surface area contributed by atoms with Crippen molar-refractivity contribution in [2.24, 2.45) is 0 Å². The molecular formula is C14H23NO10S. The molecule has 2 amide bonds. The van der Waals surface area contributed by atoms with Crippen LogP contribution in [0.3, 0.4) is 0 Å². The summed E-state index contributed by atoms with van der Waals surface area (Å²) in [5.41, 5.74) is 0. The highest BCUT2D eigenvalue weighted by atomic mass is 32.2. The SMILES string of the molecule is CS(=O)(=O)OCCOCCOCCOCCC(=O)ON1C(=O)CCC1=O. The molecule has 1 rings (SSSR count). The number of hydrogen-bond acceptors (Lipinski definition) is 10. The fraction of sp³-hybridized carbons (Fsp3) is 0.786. The predicted octanol–water partition coefficient (Wildman–Crippen LogP) is -0.990. The summed E-state index contributed by atoms with van der Waals surface area (Å²) in [5, 5.41) is 0.492. The summed E-state index contributed by atoms with van der Waals surface area (Å²) in [6.45, 7) is 1.25. The standard InChI is InChI=1S/C14H23NO10S/c1-26(19,20)24-11-10-23-9-8-22-7-6-21-5-4-14(18)25-15-12(16)2-3-13(15)17/h2-11H2,1H3. The molecule has 1 aliphatic heterocycles. The first kappa shape index (κ1) is 22.4. The molecule has 0 aromatic carbocycles. The van der Waals surface area contributed by atoms with E-state index in [1.807, 2.05) is 0 Å². The molecular weight excluding hydrogens is 374 g/mol. The van der Waals surface area contributed by atoms with Crippen molar-refractivity contribution in [1.29, 1.82) is 0 Å². The summed E-state index contributed by atoms with van der Waals surface area (Å²) in [6.07, 6.45) is 0.963. The molecule has 0 aliphatic carbocycles. The van der Waals surface area contributed by atoms with Gasteiger partial charge in [-0.2, -0.15) is 8.42 Å². The van der Waals surface area contributed by atoms with Gasteiger partial charge in [-0.15, -0.1) is 5.06 Å². The van der Waals surface area contributed by atoms with Crippen LogP contribution in [0.15, 0.2) is 0 Å². The maximum absolute atomic E-state index is 11.5. The van der Waals surface area contributed by atoms with Crippen LogP contribution in [-0.2, 0) is 47.7 Å². The summed E-state index contributed by atoms with van der Waals surface area (Å²) in [4.78, 5) is 38.7. The van der Waals surface area contributed by atoms with Gasteiger partial charge in [-0.3, -0.25) is 13.8 Å². The van der Waals surface area contributed by atoms with Crippen molar-refractivity contribution in [1.82, 2.24) is 5.06 Å². The average molecular weight is 397 g/mol. The third-order valence-electron chi connectivity index (χ3n) is 2.92. The van der Waals surface area contributed by atoms with E-state index in [-0.39, 0.29) is 58.9 Å². The molecule has 1 heterocycles. The second-order valence-electron chi connectivity index (χ2n) is 5.16. The number of nitrogens with zero attached hydrogens (tertiary/aromatic N) is 1. The van der Waals surface area contributed by atoms with E-state index in [1.165, 1.54) is 0 Å². The average Bonchev–Trinajstić information content (AvgIpc) is 2.86.